The van der Waals surface area contributed by atoms with Crippen LogP contribution in [0.3, 0.4) is 0 Å². The molecule has 1 heterocycles. The van der Waals surface area contributed by atoms with Gasteiger partial charge < -0.3 is 5.32 Å². The number of benzene rings is 1. The highest BCUT2D eigenvalue weighted by atomic mass is 35.5. The smallest absolute Gasteiger partial charge is 0.218 e. The summed E-state index contributed by atoms with van der Waals surface area (Å²) in [5.74, 6) is -0.155. The lowest BCUT2D eigenvalue weighted by Crippen LogP contribution is -2.51. The van der Waals surface area contributed by atoms with E-state index < -0.39 is 10.0 Å². The van der Waals surface area contributed by atoms with Crippen LogP contribution in [0.15, 0.2) is 18.2 Å². The molecule has 0 amide bonds. The average Bonchev–Trinajstić information content (AvgIpc) is 2.34. The summed E-state index contributed by atoms with van der Waals surface area (Å²) < 4.78 is 26.3. The molecule has 1 aromatic rings. The van der Waals surface area contributed by atoms with E-state index in [1.54, 1.807) is 18.2 Å². The predicted octanol–water partition coefficient (Wildman–Crippen LogP) is 2.12. The molecule has 1 N–H and O–H groups in total. The molecule has 1 unspecified atom stereocenters. The van der Waals surface area contributed by atoms with E-state index in [0.717, 1.165) is 0 Å². The van der Waals surface area contributed by atoms with Crippen molar-refractivity contribution in [1.29, 1.82) is 0 Å². The van der Waals surface area contributed by atoms with Crippen LogP contribution in [0.1, 0.15) is 12.5 Å². The van der Waals surface area contributed by atoms with Crippen molar-refractivity contribution in [3.8, 4) is 0 Å². The summed E-state index contributed by atoms with van der Waals surface area (Å²) in [5.41, 5.74) is 0.469. The summed E-state index contributed by atoms with van der Waals surface area (Å²) in [7, 11) is -3.39. The van der Waals surface area contributed by atoms with Crippen LogP contribution in [0.25, 0.3) is 0 Å². The largest absolute Gasteiger partial charge is 0.312 e. The Morgan fingerprint density at radius 2 is 2.00 bits per heavy atom. The van der Waals surface area contributed by atoms with Gasteiger partial charge in [0.1, 0.15) is 0 Å². The third-order valence-electron chi connectivity index (χ3n) is 3.11. The van der Waals surface area contributed by atoms with Gasteiger partial charge in [0, 0.05) is 41.3 Å². The van der Waals surface area contributed by atoms with Crippen LogP contribution < -0.4 is 5.32 Å². The minimum absolute atomic E-state index is 0.155. The van der Waals surface area contributed by atoms with Crippen molar-refractivity contribution < 1.29 is 8.42 Å². The summed E-state index contributed by atoms with van der Waals surface area (Å²) in [6.07, 6.45) is 0. The Morgan fingerprint density at radius 1 is 1.37 bits per heavy atom. The number of nitrogens with zero attached hydrogens (tertiary/aromatic N) is 1. The predicted molar refractivity (Wildman–Crippen MR) is 78.1 cm³/mol. The second-order valence-electron chi connectivity index (χ2n) is 4.67. The maximum Gasteiger partial charge on any atom is 0.218 e. The van der Waals surface area contributed by atoms with E-state index in [4.69, 9.17) is 23.2 Å². The summed E-state index contributed by atoms with van der Waals surface area (Å²) in [4.78, 5) is 0. The molecule has 1 aromatic carbocycles. The summed E-state index contributed by atoms with van der Waals surface area (Å²) >= 11 is 12.0. The van der Waals surface area contributed by atoms with Gasteiger partial charge in [0.05, 0.1) is 5.75 Å². The first-order valence-electron chi connectivity index (χ1n) is 6.04. The highest BCUT2D eigenvalue weighted by molar-refractivity contribution is 7.88. The van der Waals surface area contributed by atoms with E-state index >= 15 is 0 Å². The third-order valence-corrected chi connectivity index (χ3v) is 5.59. The number of halogens is 2. The van der Waals surface area contributed by atoms with Gasteiger partial charge in [0.25, 0.3) is 0 Å². The van der Waals surface area contributed by atoms with Gasteiger partial charge >= 0.3 is 0 Å². The lowest BCUT2D eigenvalue weighted by Gasteiger charge is -2.31. The first kappa shape index (κ1) is 15.1. The second-order valence-corrected chi connectivity index (χ2v) is 7.45. The third kappa shape index (κ3) is 3.61. The van der Waals surface area contributed by atoms with E-state index in [1.807, 2.05) is 6.92 Å². The van der Waals surface area contributed by atoms with Crippen molar-refractivity contribution in [3.05, 3.63) is 33.8 Å². The van der Waals surface area contributed by atoms with Gasteiger partial charge in [-0.2, -0.15) is 4.31 Å². The Morgan fingerprint density at radius 3 is 2.58 bits per heavy atom. The molecular weight excluding hydrogens is 307 g/mol. The molecule has 106 valence electrons. The molecule has 1 aliphatic heterocycles. The molecule has 1 atom stereocenters. The number of rotatable bonds is 3. The maximum absolute atomic E-state index is 12.4. The highest BCUT2D eigenvalue weighted by Crippen LogP contribution is 2.27. The quantitative estimate of drug-likeness (QED) is 0.927. The van der Waals surface area contributed by atoms with Gasteiger partial charge in [0.2, 0.25) is 10.0 Å². The zero-order chi connectivity index (χ0) is 14.0. The molecule has 1 saturated heterocycles. The minimum atomic E-state index is -3.39. The fourth-order valence-electron chi connectivity index (χ4n) is 2.09. The van der Waals surface area contributed by atoms with Crippen molar-refractivity contribution in [2.45, 2.75) is 18.7 Å². The Kier molecular flexibility index (Phi) is 4.74. The van der Waals surface area contributed by atoms with Crippen molar-refractivity contribution in [3.63, 3.8) is 0 Å². The van der Waals surface area contributed by atoms with E-state index in [-0.39, 0.29) is 11.8 Å². The molecule has 0 bridgehead atoms. The lowest BCUT2D eigenvalue weighted by atomic mass is 10.2. The van der Waals surface area contributed by atoms with E-state index in [1.165, 1.54) is 4.31 Å². The topological polar surface area (TPSA) is 49.4 Å². The van der Waals surface area contributed by atoms with Crippen LogP contribution in [0, 0.1) is 0 Å². The van der Waals surface area contributed by atoms with Gasteiger partial charge in [-0.3, -0.25) is 0 Å². The van der Waals surface area contributed by atoms with Crippen molar-refractivity contribution >= 4 is 33.2 Å². The molecule has 0 aliphatic carbocycles. The molecule has 0 spiro atoms. The zero-order valence-corrected chi connectivity index (χ0v) is 12.9. The van der Waals surface area contributed by atoms with Crippen molar-refractivity contribution in [2.24, 2.45) is 0 Å². The fourth-order valence-corrected chi connectivity index (χ4v) is 4.46. The fraction of sp³-hybridized carbons (Fsp3) is 0.500. The molecule has 1 aliphatic rings. The molecule has 0 saturated carbocycles. The molecule has 4 nitrogen and oxygen atoms in total. The summed E-state index contributed by atoms with van der Waals surface area (Å²) in [5, 5.41) is 3.99. The number of hydrogen-bond donors (Lipinski definition) is 1. The van der Waals surface area contributed by atoms with Crippen LogP contribution in [0.5, 0.6) is 0 Å². The van der Waals surface area contributed by atoms with Crippen LogP contribution in [0.2, 0.25) is 10.0 Å². The molecule has 1 fully saturated rings. The van der Waals surface area contributed by atoms with Gasteiger partial charge in [-0.15, -0.1) is 0 Å². The van der Waals surface area contributed by atoms with E-state index in [2.05, 4.69) is 5.32 Å². The standard InChI is InChI=1S/C12H16Cl2N2O2S/c1-9-7-16(6-5-15-9)19(17,18)8-10-11(13)3-2-4-12(10)14/h2-4,9,15H,5-8H2,1H3. The van der Waals surface area contributed by atoms with Gasteiger partial charge in [-0.05, 0) is 19.1 Å². The molecule has 2 rings (SSSR count). The number of sulfonamides is 1. The Labute approximate surface area is 123 Å². The van der Waals surface area contributed by atoms with Crippen LogP contribution in [0.4, 0.5) is 0 Å². The number of hydrogen-bond acceptors (Lipinski definition) is 3. The molecule has 19 heavy (non-hydrogen) atoms. The minimum Gasteiger partial charge on any atom is -0.312 e. The first-order valence-corrected chi connectivity index (χ1v) is 8.41. The SMILES string of the molecule is CC1CN(S(=O)(=O)Cc2c(Cl)cccc2Cl)CCN1. The second kappa shape index (κ2) is 5.97. The van der Waals surface area contributed by atoms with Gasteiger partial charge in [0.15, 0.2) is 0 Å². The van der Waals surface area contributed by atoms with E-state index in [0.29, 0.717) is 35.2 Å². The van der Waals surface area contributed by atoms with Crippen LogP contribution >= 0.6 is 23.2 Å². The Bertz CT molecular complexity index is 543. The lowest BCUT2D eigenvalue weighted by molar-refractivity contribution is 0.310. The highest BCUT2D eigenvalue weighted by Gasteiger charge is 2.28. The summed E-state index contributed by atoms with van der Waals surface area (Å²) in [6, 6.07) is 5.16. The number of nitrogens with one attached hydrogen (secondary N) is 1. The number of piperazine rings is 1. The normalized spacial score (nSPS) is 21.5. The molecular formula is C12H16Cl2N2O2S. The van der Waals surface area contributed by atoms with Gasteiger partial charge in [-0.25, -0.2) is 8.42 Å². The first-order chi connectivity index (χ1) is 8.90. The molecule has 7 heteroatoms. The van der Waals surface area contributed by atoms with Gasteiger partial charge in [-0.1, -0.05) is 29.3 Å². The average molecular weight is 323 g/mol. The summed E-state index contributed by atoms with van der Waals surface area (Å²) in [6.45, 7) is 3.58. The van der Waals surface area contributed by atoms with Crippen molar-refractivity contribution in [2.75, 3.05) is 19.6 Å². The van der Waals surface area contributed by atoms with Crippen LogP contribution in [-0.4, -0.2) is 38.4 Å². The molecule has 0 aromatic heterocycles. The molecule has 0 radical (unpaired) electrons. The Balaban J connectivity index is 2.21. The van der Waals surface area contributed by atoms with Crippen LogP contribution in [-0.2, 0) is 15.8 Å². The zero-order valence-electron chi connectivity index (χ0n) is 10.6. The van der Waals surface area contributed by atoms with Crippen molar-refractivity contribution in [1.82, 2.24) is 9.62 Å². The monoisotopic (exact) mass is 322 g/mol. The Hall–Kier alpha value is -0.330. The maximum atomic E-state index is 12.4. The van der Waals surface area contributed by atoms with E-state index in [9.17, 15) is 8.42 Å².